The molecule has 6 nitrogen and oxygen atoms in total. The van der Waals surface area contributed by atoms with Crippen molar-refractivity contribution in [3.8, 4) is 5.75 Å². The normalized spacial score (nSPS) is 13.0. The molecule has 0 amide bonds. The minimum Gasteiger partial charge on any atom is -0.487 e. The topological polar surface area (TPSA) is 77.2 Å². The summed E-state index contributed by atoms with van der Waals surface area (Å²) in [6.07, 6.45) is 5.33. The third kappa shape index (κ3) is 3.98. The number of hydrogen-bond acceptors (Lipinski definition) is 5. The van der Waals surface area contributed by atoms with E-state index in [1.165, 1.54) is 11.6 Å². The fraction of sp³-hybridized carbons (Fsp3) is 0.190. The van der Waals surface area contributed by atoms with Crippen molar-refractivity contribution in [1.29, 1.82) is 0 Å². The zero-order chi connectivity index (χ0) is 19.5. The molecule has 4 rings (SSSR count). The summed E-state index contributed by atoms with van der Waals surface area (Å²) in [6, 6.07) is 12.5. The van der Waals surface area contributed by atoms with Crippen LogP contribution in [-0.2, 0) is 19.6 Å². The zero-order valence-corrected chi connectivity index (χ0v) is 15.8. The Kier molecular flexibility index (Phi) is 5.23. The summed E-state index contributed by atoms with van der Waals surface area (Å²) in [7, 11) is 0. The summed E-state index contributed by atoms with van der Waals surface area (Å²) >= 11 is 5.71. The van der Waals surface area contributed by atoms with Gasteiger partial charge in [-0.25, -0.2) is 0 Å². The van der Waals surface area contributed by atoms with E-state index in [-0.39, 0.29) is 18.8 Å². The van der Waals surface area contributed by atoms with Gasteiger partial charge in [0.2, 0.25) is 0 Å². The quantitative estimate of drug-likeness (QED) is 0.717. The van der Waals surface area contributed by atoms with Gasteiger partial charge in [0, 0.05) is 18.0 Å². The third-order valence-electron chi connectivity index (χ3n) is 4.64. The predicted molar refractivity (Wildman–Crippen MR) is 107 cm³/mol. The molecular formula is C21H18ClN3O3. The Hall–Kier alpha value is -2.96. The van der Waals surface area contributed by atoms with E-state index < -0.39 is 0 Å². The highest BCUT2D eigenvalue weighted by molar-refractivity contribution is 6.29. The van der Waals surface area contributed by atoms with Crippen molar-refractivity contribution in [3.63, 3.8) is 0 Å². The molecule has 1 aromatic carbocycles. The molecule has 1 aliphatic rings. The van der Waals surface area contributed by atoms with Crippen molar-refractivity contribution in [2.75, 3.05) is 0 Å². The number of ether oxygens (including phenoxy) is 1. The van der Waals surface area contributed by atoms with E-state index in [1.807, 2.05) is 24.3 Å². The van der Waals surface area contributed by atoms with E-state index in [0.29, 0.717) is 16.6 Å². The summed E-state index contributed by atoms with van der Waals surface area (Å²) < 4.78 is 7.27. The largest absolute Gasteiger partial charge is 0.487 e. The van der Waals surface area contributed by atoms with Crippen molar-refractivity contribution in [3.05, 3.63) is 86.6 Å². The van der Waals surface area contributed by atoms with E-state index in [2.05, 4.69) is 10.2 Å². The number of pyridine rings is 1. The van der Waals surface area contributed by atoms with E-state index in [9.17, 15) is 9.90 Å². The highest BCUT2D eigenvalue weighted by Crippen LogP contribution is 2.27. The SMILES string of the molecule is O=c1cc(OCc2ccc(Cl)nn2)ccn1C1=Cc2ccc(CO)cc2CC1. The van der Waals surface area contributed by atoms with Gasteiger partial charge in [-0.1, -0.05) is 29.8 Å². The number of nitrogens with zero attached hydrogens (tertiary/aromatic N) is 3. The minimum atomic E-state index is -0.152. The smallest absolute Gasteiger partial charge is 0.258 e. The third-order valence-corrected chi connectivity index (χ3v) is 4.84. The molecule has 0 spiro atoms. The van der Waals surface area contributed by atoms with Gasteiger partial charge in [-0.3, -0.25) is 9.36 Å². The Morgan fingerprint density at radius 1 is 1.11 bits per heavy atom. The van der Waals surface area contributed by atoms with Crippen molar-refractivity contribution in [2.24, 2.45) is 0 Å². The number of halogens is 1. The molecule has 0 bridgehead atoms. The van der Waals surface area contributed by atoms with Crippen LogP contribution in [0.25, 0.3) is 11.8 Å². The Morgan fingerprint density at radius 3 is 2.75 bits per heavy atom. The van der Waals surface area contributed by atoms with Crippen LogP contribution in [0.5, 0.6) is 5.75 Å². The number of aliphatic hydroxyl groups excluding tert-OH is 1. The molecule has 1 aliphatic carbocycles. The summed E-state index contributed by atoms with van der Waals surface area (Å²) in [5.74, 6) is 0.474. The number of hydrogen-bond donors (Lipinski definition) is 1. The lowest BCUT2D eigenvalue weighted by molar-refractivity contribution is 0.281. The lowest BCUT2D eigenvalue weighted by Gasteiger charge is -2.19. The van der Waals surface area contributed by atoms with E-state index in [1.54, 1.807) is 29.0 Å². The number of aliphatic hydroxyl groups is 1. The van der Waals surface area contributed by atoms with Crippen molar-refractivity contribution >= 4 is 23.4 Å². The van der Waals surface area contributed by atoms with Gasteiger partial charge in [0.25, 0.3) is 5.56 Å². The molecule has 0 saturated heterocycles. The van der Waals surface area contributed by atoms with Crippen LogP contribution >= 0.6 is 11.6 Å². The Balaban J connectivity index is 1.52. The second-order valence-corrected chi connectivity index (χ2v) is 6.92. The molecule has 0 saturated carbocycles. The second-order valence-electron chi connectivity index (χ2n) is 6.53. The van der Waals surface area contributed by atoms with E-state index >= 15 is 0 Å². The van der Waals surface area contributed by atoms with Crippen LogP contribution in [0.15, 0.2) is 53.5 Å². The minimum absolute atomic E-state index is 0.0341. The molecule has 142 valence electrons. The molecule has 2 heterocycles. The highest BCUT2D eigenvalue weighted by atomic mass is 35.5. The number of rotatable bonds is 5. The lowest BCUT2D eigenvalue weighted by atomic mass is 9.93. The molecule has 28 heavy (non-hydrogen) atoms. The van der Waals surface area contributed by atoms with Gasteiger partial charge in [-0.2, -0.15) is 5.10 Å². The van der Waals surface area contributed by atoms with E-state index in [0.717, 1.165) is 29.7 Å². The number of fused-ring (bicyclic) bond motifs is 1. The number of benzene rings is 1. The second kappa shape index (κ2) is 7.96. The fourth-order valence-corrected chi connectivity index (χ4v) is 3.29. The first kappa shape index (κ1) is 18.4. The maximum absolute atomic E-state index is 12.6. The summed E-state index contributed by atoms with van der Waals surface area (Å²) in [5.41, 5.74) is 4.58. The molecule has 0 fully saturated rings. The van der Waals surface area contributed by atoms with Crippen LogP contribution in [0, 0.1) is 0 Å². The van der Waals surface area contributed by atoms with Gasteiger partial charge < -0.3 is 9.84 Å². The molecule has 0 radical (unpaired) electrons. The number of aromatic nitrogens is 3. The lowest BCUT2D eigenvalue weighted by Crippen LogP contribution is -2.19. The van der Waals surface area contributed by atoms with Crippen LogP contribution in [0.1, 0.15) is 28.8 Å². The van der Waals surface area contributed by atoms with Crippen LogP contribution < -0.4 is 10.3 Å². The Morgan fingerprint density at radius 2 is 2.00 bits per heavy atom. The van der Waals surface area contributed by atoms with Crippen LogP contribution in [0.4, 0.5) is 0 Å². The first-order valence-electron chi connectivity index (χ1n) is 8.89. The summed E-state index contributed by atoms with van der Waals surface area (Å²) in [5, 5.41) is 17.3. The van der Waals surface area contributed by atoms with Crippen molar-refractivity contribution in [2.45, 2.75) is 26.1 Å². The van der Waals surface area contributed by atoms with Gasteiger partial charge >= 0.3 is 0 Å². The molecule has 1 N–H and O–H groups in total. The average Bonchev–Trinajstić information content (AvgIpc) is 2.72. The first-order valence-corrected chi connectivity index (χ1v) is 9.27. The fourth-order valence-electron chi connectivity index (χ4n) is 3.18. The summed E-state index contributed by atoms with van der Waals surface area (Å²) in [4.78, 5) is 12.6. The van der Waals surface area contributed by atoms with Gasteiger partial charge in [0.1, 0.15) is 18.1 Å². The molecule has 7 heteroatoms. The van der Waals surface area contributed by atoms with Crippen molar-refractivity contribution in [1.82, 2.24) is 14.8 Å². The zero-order valence-electron chi connectivity index (χ0n) is 15.0. The van der Waals surface area contributed by atoms with Gasteiger partial charge in [0.05, 0.1) is 6.61 Å². The average molecular weight is 396 g/mol. The molecule has 2 aromatic heterocycles. The monoisotopic (exact) mass is 395 g/mol. The maximum atomic E-state index is 12.6. The molecule has 0 aliphatic heterocycles. The van der Waals surface area contributed by atoms with Gasteiger partial charge in [-0.15, -0.1) is 5.10 Å². The van der Waals surface area contributed by atoms with Crippen molar-refractivity contribution < 1.29 is 9.84 Å². The first-order chi connectivity index (χ1) is 13.6. The van der Waals surface area contributed by atoms with Gasteiger partial charge in [-0.05, 0) is 53.8 Å². The number of aryl methyl sites for hydroxylation is 1. The number of allylic oxidation sites excluding steroid dienone is 1. The van der Waals surface area contributed by atoms with E-state index in [4.69, 9.17) is 16.3 Å². The Bertz CT molecular complexity index is 1090. The Labute approximate surface area is 166 Å². The van der Waals surface area contributed by atoms with Gasteiger partial charge in [0.15, 0.2) is 5.15 Å². The molecule has 3 aromatic rings. The predicted octanol–water partition coefficient (Wildman–Crippen LogP) is 3.31. The molecule has 0 unspecified atom stereocenters. The maximum Gasteiger partial charge on any atom is 0.258 e. The summed E-state index contributed by atoms with van der Waals surface area (Å²) in [6.45, 7) is 0.239. The van der Waals surface area contributed by atoms with Crippen LogP contribution in [0.2, 0.25) is 5.15 Å². The van der Waals surface area contributed by atoms with Crippen LogP contribution in [-0.4, -0.2) is 19.9 Å². The standard InChI is InChI=1S/C21H18ClN3O3/c22-20-6-4-17(23-24-20)13-28-19-7-8-25(21(27)11-19)18-5-3-15-9-14(12-26)1-2-16(15)10-18/h1-2,4,6-11,26H,3,5,12-13H2. The molecular weight excluding hydrogens is 378 g/mol. The molecule has 0 atom stereocenters. The van der Waals surface area contributed by atoms with Crippen LogP contribution in [0.3, 0.4) is 0 Å². The highest BCUT2D eigenvalue weighted by Gasteiger charge is 2.13.